The van der Waals surface area contributed by atoms with Crippen molar-refractivity contribution in [3.05, 3.63) is 41.8 Å². The Kier molecular flexibility index (Phi) is 4.14. The Hall–Kier alpha value is -1.65. The van der Waals surface area contributed by atoms with E-state index < -0.39 is 0 Å². The van der Waals surface area contributed by atoms with Gasteiger partial charge in [0.05, 0.1) is 6.54 Å². The van der Waals surface area contributed by atoms with Gasteiger partial charge in [-0.15, -0.1) is 11.3 Å². The highest BCUT2D eigenvalue weighted by Gasteiger charge is 2.20. The summed E-state index contributed by atoms with van der Waals surface area (Å²) in [4.78, 5) is 13.1. The van der Waals surface area contributed by atoms with E-state index in [2.05, 4.69) is 28.1 Å². The molecule has 1 aromatic carbocycles. The molecule has 3 nitrogen and oxygen atoms in total. The summed E-state index contributed by atoms with van der Waals surface area (Å²) in [5, 5.41) is 8.20. The van der Waals surface area contributed by atoms with E-state index in [0.29, 0.717) is 6.54 Å². The fraction of sp³-hybridized carbons (Fsp3) is 0.312. The maximum atomic E-state index is 11.8. The van der Waals surface area contributed by atoms with Crippen molar-refractivity contribution in [2.24, 2.45) is 5.92 Å². The molecule has 0 saturated heterocycles. The molecule has 3 rings (SSSR count). The van der Waals surface area contributed by atoms with Crippen molar-refractivity contribution in [3.8, 4) is 10.4 Å². The van der Waals surface area contributed by atoms with Gasteiger partial charge in [-0.25, -0.2) is 0 Å². The standard InChI is InChI=1S/C16H18N2OS/c19-16(11-17-10-12-6-7-12)18-14-4-1-3-13(9-14)15-5-2-8-20-15/h1-5,8-9,12,17H,6-7,10-11H2,(H,18,19). The van der Waals surface area contributed by atoms with Crippen LogP contribution in [0.4, 0.5) is 5.69 Å². The number of nitrogens with one attached hydrogen (secondary N) is 2. The van der Waals surface area contributed by atoms with Crippen molar-refractivity contribution in [1.82, 2.24) is 5.32 Å². The van der Waals surface area contributed by atoms with Gasteiger partial charge in [-0.1, -0.05) is 18.2 Å². The zero-order valence-corrected chi connectivity index (χ0v) is 12.1. The number of carbonyl (C=O) groups excluding carboxylic acids is 1. The Bertz CT molecular complexity index is 576. The lowest BCUT2D eigenvalue weighted by Crippen LogP contribution is -2.29. The van der Waals surface area contributed by atoms with E-state index in [0.717, 1.165) is 23.7 Å². The van der Waals surface area contributed by atoms with Crippen molar-refractivity contribution >= 4 is 22.9 Å². The maximum Gasteiger partial charge on any atom is 0.238 e. The Morgan fingerprint density at radius 1 is 1.25 bits per heavy atom. The molecular weight excluding hydrogens is 268 g/mol. The Morgan fingerprint density at radius 2 is 2.15 bits per heavy atom. The second-order valence-corrected chi connectivity index (χ2v) is 6.13. The van der Waals surface area contributed by atoms with Gasteiger partial charge in [-0.05, 0) is 54.4 Å². The summed E-state index contributed by atoms with van der Waals surface area (Å²) < 4.78 is 0. The van der Waals surface area contributed by atoms with Crippen LogP contribution in [0.3, 0.4) is 0 Å². The third-order valence-corrected chi connectivity index (χ3v) is 4.29. The normalized spacial score (nSPS) is 14.2. The highest BCUT2D eigenvalue weighted by Crippen LogP contribution is 2.28. The molecule has 0 aliphatic heterocycles. The lowest BCUT2D eigenvalue weighted by Gasteiger charge is -2.07. The summed E-state index contributed by atoms with van der Waals surface area (Å²) in [5.41, 5.74) is 2.00. The van der Waals surface area contributed by atoms with Crippen molar-refractivity contribution in [2.45, 2.75) is 12.8 Å². The highest BCUT2D eigenvalue weighted by molar-refractivity contribution is 7.13. The molecule has 1 fully saturated rings. The van der Waals surface area contributed by atoms with Gasteiger partial charge in [-0.2, -0.15) is 0 Å². The minimum atomic E-state index is 0.0222. The minimum absolute atomic E-state index is 0.0222. The van der Waals surface area contributed by atoms with Crippen molar-refractivity contribution < 1.29 is 4.79 Å². The first kappa shape index (κ1) is 13.3. The first-order chi connectivity index (χ1) is 9.81. The first-order valence-electron chi connectivity index (χ1n) is 6.96. The van der Waals surface area contributed by atoms with E-state index in [1.54, 1.807) is 11.3 Å². The molecule has 4 heteroatoms. The number of amides is 1. The average Bonchev–Trinajstić information content (AvgIpc) is 3.10. The van der Waals surface area contributed by atoms with Gasteiger partial charge in [0.1, 0.15) is 0 Å². The van der Waals surface area contributed by atoms with Crippen LogP contribution in [0.5, 0.6) is 0 Å². The minimum Gasteiger partial charge on any atom is -0.325 e. The lowest BCUT2D eigenvalue weighted by molar-refractivity contribution is -0.115. The fourth-order valence-corrected chi connectivity index (χ4v) is 2.83. The van der Waals surface area contributed by atoms with Crippen LogP contribution >= 0.6 is 11.3 Å². The monoisotopic (exact) mass is 286 g/mol. The topological polar surface area (TPSA) is 41.1 Å². The molecule has 1 heterocycles. The highest BCUT2D eigenvalue weighted by atomic mass is 32.1. The van der Waals surface area contributed by atoms with E-state index in [1.807, 2.05) is 24.3 Å². The molecule has 1 saturated carbocycles. The van der Waals surface area contributed by atoms with Crippen molar-refractivity contribution in [1.29, 1.82) is 0 Å². The molecule has 20 heavy (non-hydrogen) atoms. The number of carbonyl (C=O) groups is 1. The van der Waals surface area contributed by atoms with Gasteiger partial charge in [0.15, 0.2) is 0 Å². The number of anilines is 1. The van der Waals surface area contributed by atoms with Crippen LogP contribution in [0.15, 0.2) is 41.8 Å². The van der Waals surface area contributed by atoms with Crippen molar-refractivity contribution in [2.75, 3.05) is 18.4 Å². The number of rotatable bonds is 6. The summed E-state index contributed by atoms with van der Waals surface area (Å²) in [6, 6.07) is 12.1. The smallest absolute Gasteiger partial charge is 0.238 e. The van der Waals surface area contributed by atoms with Crippen LogP contribution in [-0.4, -0.2) is 19.0 Å². The predicted molar refractivity (Wildman–Crippen MR) is 84.0 cm³/mol. The molecule has 1 aliphatic carbocycles. The molecule has 0 unspecified atom stereocenters. The first-order valence-corrected chi connectivity index (χ1v) is 7.84. The van der Waals surface area contributed by atoms with E-state index in [-0.39, 0.29) is 5.91 Å². The molecule has 1 aliphatic rings. The van der Waals surface area contributed by atoms with E-state index >= 15 is 0 Å². The largest absolute Gasteiger partial charge is 0.325 e. The third-order valence-electron chi connectivity index (χ3n) is 3.37. The lowest BCUT2D eigenvalue weighted by atomic mass is 10.1. The molecule has 2 aromatic rings. The van der Waals surface area contributed by atoms with Crippen LogP contribution < -0.4 is 10.6 Å². The second kappa shape index (κ2) is 6.20. The summed E-state index contributed by atoms with van der Waals surface area (Å²) in [5.74, 6) is 0.818. The van der Waals surface area contributed by atoms with Crippen LogP contribution in [0.2, 0.25) is 0 Å². The van der Waals surface area contributed by atoms with Crippen LogP contribution in [0.1, 0.15) is 12.8 Å². The predicted octanol–water partition coefficient (Wildman–Crippen LogP) is 3.35. The van der Waals surface area contributed by atoms with Gasteiger partial charge in [0, 0.05) is 10.6 Å². The molecule has 104 valence electrons. The van der Waals surface area contributed by atoms with E-state index in [9.17, 15) is 4.79 Å². The zero-order chi connectivity index (χ0) is 13.8. The van der Waals surface area contributed by atoms with Gasteiger partial charge >= 0.3 is 0 Å². The fourth-order valence-electron chi connectivity index (χ4n) is 2.11. The Labute approximate surface area is 123 Å². The van der Waals surface area contributed by atoms with Crippen LogP contribution in [0, 0.1) is 5.92 Å². The van der Waals surface area contributed by atoms with Crippen molar-refractivity contribution in [3.63, 3.8) is 0 Å². The summed E-state index contributed by atoms with van der Waals surface area (Å²) in [7, 11) is 0. The summed E-state index contributed by atoms with van der Waals surface area (Å²) in [6.07, 6.45) is 2.61. The van der Waals surface area contributed by atoms with Gasteiger partial charge in [-0.3, -0.25) is 4.79 Å². The Morgan fingerprint density at radius 3 is 2.90 bits per heavy atom. The van der Waals surface area contributed by atoms with E-state index in [4.69, 9.17) is 0 Å². The molecule has 0 atom stereocenters. The van der Waals surface area contributed by atoms with Crippen LogP contribution in [0.25, 0.3) is 10.4 Å². The van der Waals surface area contributed by atoms with Gasteiger partial charge < -0.3 is 10.6 Å². The third kappa shape index (κ3) is 3.68. The molecule has 1 amide bonds. The number of benzene rings is 1. The quantitative estimate of drug-likeness (QED) is 0.855. The van der Waals surface area contributed by atoms with E-state index in [1.165, 1.54) is 17.7 Å². The maximum absolute atomic E-state index is 11.8. The molecule has 0 bridgehead atoms. The molecule has 0 radical (unpaired) electrons. The summed E-state index contributed by atoms with van der Waals surface area (Å²) in [6.45, 7) is 1.35. The molecular formula is C16H18N2OS. The SMILES string of the molecule is O=C(CNCC1CC1)Nc1cccc(-c2cccs2)c1. The molecule has 1 aromatic heterocycles. The second-order valence-electron chi connectivity index (χ2n) is 5.18. The summed E-state index contributed by atoms with van der Waals surface area (Å²) >= 11 is 1.70. The Balaban J connectivity index is 1.56. The average molecular weight is 286 g/mol. The zero-order valence-electron chi connectivity index (χ0n) is 11.3. The van der Waals surface area contributed by atoms with Gasteiger partial charge in [0.2, 0.25) is 5.91 Å². The number of hydrogen-bond acceptors (Lipinski definition) is 3. The number of thiophene rings is 1. The van der Waals surface area contributed by atoms with Crippen LogP contribution in [-0.2, 0) is 4.79 Å². The van der Waals surface area contributed by atoms with Gasteiger partial charge in [0.25, 0.3) is 0 Å². The molecule has 2 N–H and O–H groups in total. The molecule has 0 spiro atoms. The number of hydrogen-bond donors (Lipinski definition) is 2.